The average molecular weight is 363 g/mol. The van der Waals surface area contributed by atoms with Crippen LogP contribution in [0.2, 0.25) is 0 Å². The molecule has 0 aliphatic heterocycles. The maximum absolute atomic E-state index is 10.3. The summed E-state index contributed by atoms with van der Waals surface area (Å²) in [6.07, 6.45) is 10.0. The minimum atomic E-state index is -0.698. The molecule has 0 heterocycles. The molecular weight excluding hydrogens is 326 g/mol. The fourth-order valence-electron chi connectivity index (χ4n) is 2.32. The average Bonchev–Trinajstić information content (AvgIpc) is 2.47. The third-order valence-electron chi connectivity index (χ3n) is 3.51. The van der Waals surface area contributed by atoms with Crippen molar-refractivity contribution in [2.24, 2.45) is 0 Å². The predicted molar refractivity (Wildman–Crippen MR) is 97.2 cm³/mol. The first kappa shape index (κ1) is 26.1. The van der Waals surface area contributed by atoms with Crippen molar-refractivity contribution in [3.05, 3.63) is 0 Å². The van der Waals surface area contributed by atoms with Gasteiger partial charge in [-0.25, -0.2) is 0 Å². The van der Waals surface area contributed by atoms with E-state index in [0.717, 1.165) is 38.5 Å². The molecule has 0 bridgehead atoms. The molecule has 0 spiro atoms. The van der Waals surface area contributed by atoms with Crippen LogP contribution in [-0.4, -0.2) is 44.8 Å². The number of nitrogens with one attached hydrogen (secondary N) is 1. The summed E-state index contributed by atoms with van der Waals surface area (Å²) in [5.41, 5.74) is 0. The van der Waals surface area contributed by atoms with Crippen LogP contribution < -0.4 is 5.32 Å². The molecule has 0 rings (SSSR count). The number of aliphatic carboxylic acids is 2. The van der Waals surface area contributed by atoms with E-state index in [1.165, 1.54) is 25.7 Å². The molecule has 7 nitrogen and oxygen atoms in total. The molecular formula is C18H37NO6. The number of aliphatic hydroxyl groups is 2. The molecule has 2 atom stereocenters. The van der Waals surface area contributed by atoms with Crippen LogP contribution in [-0.2, 0) is 9.59 Å². The topological polar surface area (TPSA) is 127 Å². The van der Waals surface area contributed by atoms with Gasteiger partial charge in [-0.2, -0.15) is 0 Å². The second-order valence-corrected chi connectivity index (χ2v) is 6.34. The van der Waals surface area contributed by atoms with Gasteiger partial charge in [0.05, 0.1) is 0 Å². The Hall–Kier alpha value is -1.18. The van der Waals surface area contributed by atoms with E-state index in [0.29, 0.717) is 12.8 Å². The molecule has 150 valence electrons. The van der Waals surface area contributed by atoms with Crippen LogP contribution in [0.25, 0.3) is 0 Å². The zero-order valence-corrected chi connectivity index (χ0v) is 15.7. The molecule has 5 N–H and O–H groups in total. The van der Waals surface area contributed by atoms with E-state index in [2.05, 4.69) is 5.32 Å². The number of rotatable bonds is 15. The highest BCUT2D eigenvalue weighted by Crippen LogP contribution is 2.11. The molecule has 7 heteroatoms. The van der Waals surface area contributed by atoms with Gasteiger partial charge in [-0.05, 0) is 26.7 Å². The zero-order chi connectivity index (χ0) is 19.5. The van der Waals surface area contributed by atoms with Crippen molar-refractivity contribution >= 4 is 11.9 Å². The van der Waals surface area contributed by atoms with E-state index in [1.54, 1.807) is 13.8 Å². The number of aliphatic hydroxyl groups excluding tert-OH is 2. The lowest BCUT2D eigenvalue weighted by Gasteiger charge is -2.08. The van der Waals surface area contributed by atoms with Crippen LogP contribution >= 0.6 is 0 Å². The number of unbranched alkanes of at least 4 members (excludes halogenated alkanes) is 9. The van der Waals surface area contributed by atoms with E-state index >= 15 is 0 Å². The quantitative estimate of drug-likeness (QED) is 0.223. The van der Waals surface area contributed by atoms with Crippen molar-refractivity contribution in [1.29, 1.82) is 0 Å². The first-order valence-electron chi connectivity index (χ1n) is 9.31. The van der Waals surface area contributed by atoms with Crippen molar-refractivity contribution < 1.29 is 30.0 Å². The van der Waals surface area contributed by atoms with E-state index in [-0.39, 0.29) is 0 Å². The summed E-state index contributed by atoms with van der Waals surface area (Å²) in [7, 11) is 0. The van der Waals surface area contributed by atoms with Crippen LogP contribution in [0.1, 0.15) is 90.9 Å². The standard InChI is InChI=1S/C14H26O4.C4H11NO2/c15-13(16)11-9-7-5-3-1-2-4-6-8-10-12-14(17)18;1-3(6)5-4(2)7/h1-12H2,(H,15,16)(H,17,18);3-7H,1-2H3. The molecule has 0 fully saturated rings. The van der Waals surface area contributed by atoms with Crippen LogP contribution in [0.5, 0.6) is 0 Å². The third kappa shape index (κ3) is 31.2. The second-order valence-electron chi connectivity index (χ2n) is 6.34. The van der Waals surface area contributed by atoms with Crippen molar-refractivity contribution in [1.82, 2.24) is 5.32 Å². The molecule has 0 amide bonds. The first-order valence-corrected chi connectivity index (χ1v) is 9.31. The smallest absolute Gasteiger partial charge is 0.303 e. The highest BCUT2D eigenvalue weighted by atomic mass is 16.4. The normalized spacial score (nSPS) is 12.8. The first-order chi connectivity index (χ1) is 11.8. The Morgan fingerprint density at radius 2 is 0.880 bits per heavy atom. The molecule has 0 aromatic rings. The van der Waals surface area contributed by atoms with Gasteiger partial charge in [0.1, 0.15) is 12.5 Å². The van der Waals surface area contributed by atoms with Gasteiger partial charge in [-0.15, -0.1) is 0 Å². The summed E-state index contributed by atoms with van der Waals surface area (Å²) in [6.45, 7) is 3.10. The third-order valence-corrected chi connectivity index (χ3v) is 3.51. The van der Waals surface area contributed by atoms with E-state index in [1.807, 2.05) is 0 Å². The summed E-state index contributed by atoms with van der Waals surface area (Å²) in [6, 6.07) is 0. The second kappa shape index (κ2) is 19.1. The van der Waals surface area contributed by atoms with Crippen molar-refractivity contribution in [2.75, 3.05) is 0 Å². The number of carbonyl (C=O) groups is 2. The molecule has 2 unspecified atom stereocenters. The predicted octanol–water partition coefficient (Wildman–Crippen LogP) is 3.09. The summed E-state index contributed by atoms with van der Waals surface area (Å²) in [5, 5.41) is 36.2. The van der Waals surface area contributed by atoms with E-state index < -0.39 is 24.4 Å². The Balaban J connectivity index is 0. The summed E-state index contributed by atoms with van der Waals surface area (Å²) in [5.74, 6) is -1.40. The SMILES string of the molecule is CC(O)NC(C)O.O=C(O)CCCCCCCCCCCCC(=O)O. The Labute approximate surface area is 151 Å². The van der Waals surface area contributed by atoms with Gasteiger partial charge in [0.2, 0.25) is 0 Å². The summed E-state index contributed by atoms with van der Waals surface area (Å²) < 4.78 is 0. The van der Waals surface area contributed by atoms with Gasteiger partial charge in [-0.1, -0.05) is 51.4 Å². The number of carboxylic acids is 2. The number of hydrogen-bond acceptors (Lipinski definition) is 5. The van der Waals surface area contributed by atoms with Crippen molar-refractivity contribution in [2.45, 2.75) is 103 Å². The summed E-state index contributed by atoms with van der Waals surface area (Å²) >= 11 is 0. The van der Waals surface area contributed by atoms with Crippen molar-refractivity contribution in [3.63, 3.8) is 0 Å². The molecule has 0 saturated heterocycles. The Bertz CT molecular complexity index is 291. The number of carboxylic acid groups (broad SMARTS) is 2. The van der Waals surface area contributed by atoms with Crippen LogP contribution in [0.4, 0.5) is 0 Å². The van der Waals surface area contributed by atoms with Gasteiger partial charge >= 0.3 is 11.9 Å². The molecule has 0 aromatic heterocycles. The lowest BCUT2D eigenvalue weighted by molar-refractivity contribution is -0.138. The van der Waals surface area contributed by atoms with Gasteiger partial charge < -0.3 is 20.4 Å². The minimum absolute atomic E-state index is 0.295. The Kier molecular flexibility index (Phi) is 20.0. The Morgan fingerprint density at radius 1 is 0.640 bits per heavy atom. The lowest BCUT2D eigenvalue weighted by Crippen LogP contribution is -2.33. The van der Waals surface area contributed by atoms with Crippen LogP contribution in [0.15, 0.2) is 0 Å². The van der Waals surface area contributed by atoms with Gasteiger partial charge in [0.25, 0.3) is 0 Å². The fraction of sp³-hybridized carbons (Fsp3) is 0.889. The largest absolute Gasteiger partial charge is 0.481 e. The molecule has 25 heavy (non-hydrogen) atoms. The number of hydrogen-bond donors (Lipinski definition) is 5. The van der Waals surface area contributed by atoms with E-state index in [9.17, 15) is 9.59 Å². The fourth-order valence-corrected chi connectivity index (χ4v) is 2.32. The Morgan fingerprint density at radius 3 is 1.04 bits per heavy atom. The maximum atomic E-state index is 10.3. The minimum Gasteiger partial charge on any atom is -0.481 e. The zero-order valence-electron chi connectivity index (χ0n) is 15.7. The monoisotopic (exact) mass is 363 g/mol. The highest BCUT2D eigenvalue weighted by Gasteiger charge is 1.98. The van der Waals surface area contributed by atoms with Crippen LogP contribution in [0, 0.1) is 0 Å². The van der Waals surface area contributed by atoms with Gasteiger partial charge in [0.15, 0.2) is 0 Å². The molecule has 0 aliphatic carbocycles. The van der Waals surface area contributed by atoms with Crippen LogP contribution in [0.3, 0.4) is 0 Å². The lowest BCUT2D eigenvalue weighted by atomic mass is 10.1. The molecule has 0 radical (unpaired) electrons. The molecule has 0 saturated carbocycles. The van der Waals surface area contributed by atoms with Crippen molar-refractivity contribution in [3.8, 4) is 0 Å². The summed E-state index contributed by atoms with van der Waals surface area (Å²) in [4.78, 5) is 20.5. The maximum Gasteiger partial charge on any atom is 0.303 e. The van der Waals surface area contributed by atoms with Gasteiger partial charge in [0, 0.05) is 12.8 Å². The van der Waals surface area contributed by atoms with E-state index in [4.69, 9.17) is 20.4 Å². The van der Waals surface area contributed by atoms with Gasteiger partial charge in [-0.3, -0.25) is 14.9 Å². The highest BCUT2D eigenvalue weighted by molar-refractivity contribution is 5.66. The molecule has 0 aliphatic rings. The molecule has 0 aromatic carbocycles.